The summed E-state index contributed by atoms with van der Waals surface area (Å²) in [7, 11) is -7.91. The highest BCUT2D eigenvalue weighted by Gasteiger charge is 2.41. The Morgan fingerprint density at radius 3 is 1.06 bits per heavy atom. The molecule has 4 aliphatic carbocycles. The first-order chi connectivity index (χ1) is 60.3. The number of ether oxygens (including phenoxy) is 6. The first-order valence-electron chi connectivity index (χ1n) is 42.5. The number of amides is 8. The Hall–Kier alpha value is -10.5. The number of benzene rings is 4. The van der Waals surface area contributed by atoms with Gasteiger partial charge in [0.2, 0.25) is 23.5 Å². The summed E-state index contributed by atoms with van der Waals surface area (Å²) >= 11 is 0. The van der Waals surface area contributed by atoms with Gasteiger partial charge >= 0.3 is 24.1 Å². The van der Waals surface area contributed by atoms with E-state index in [9.17, 15) is 61.6 Å². The van der Waals surface area contributed by atoms with E-state index in [0.29, 0.717) is 73.0 Å². The van der Waals surface area contributed by atoms with Crippen LogP contribution in [0.5, 0.6) is 23.5 Å². The Kier molecular flexibility index (Phi) is 27.7. The summed E-state index contributed by atoms with van der Waals surface area (Å²) in [6.07, 6.45) is 16.6. The maximum Gasteiger partial charge on any atom is 0.333 e. The maximum atomic E-state index is 14.1. The average molecular weight is 1840 g/mol. The van der Waals surface area contributed by atoms with E-state index in [1.807, 2.05) is 83.8 Å². The van der Waals surface area contributed by atoms with Crippen LogP contribution in [0.2, 0.25) is 0 Å². The van der Waals surface area contributed by atoms with Crippen molar-refractivity contribution in [1.82, 2.24) is 73.1 Å². The largest absolute Gasteiger partial charge is 0.475 e. The lowest BCUT2D eigenvalue weighted by Crippen LogP contribution is -2.59. The molecule has 4 aromatic heterocycles. The lowest BCUT2D eigenvalue weighted by Gasteiger charge is -2.44. The normalized spacial score (nSPS) is 18.5. The van der Waals surface area contributed by atoms with Gasteiger partial charge in [-0.05, 0) is 213 Å². The average Bonchev–Trinajstić information content (AvgIpc) is 1.63. The van der Waals surface area contributed by atoms with E-state index in [1.54, 1.807) is 18.8 Å². The van der Waals surface area contributed by atoms with Crippen molar-refractivity contribution in [2.24, 2.45) is 0 Å². The number of urea groups is 4. The molecule has 9 N–H and O–H groups in total. The summed E-state index contributed by atoms with van der Waals surface area (Å²) in [6.45, 7) is 19.6. The van der Waals surface area contributed by atoms with Gasteiger partial charge in [-0.2, -0.15) is 20.4 Å². The van der Waals surface area contributed by atoms with Crippen molar-refractivity contribution in [3.05, 3.63) is 140 Å². The van der Waals surface area contributed by atoms with E-state index in [2.05, 4.69) is 73.5 Å². The van der Waals surface area contributed by atoms with Gasteiger partial charge < -0.3 is 59.9 Å². The highest BCUT2D eigenvalue weighted by molar-refractivity contribution is 7.91. The molecule has 8 aromatic rings. The summed E-state index contributed by atoms with van der Waals surface area (Å²) in [4.78, 5) is 54.4. The number of anilines is 4. The van der Waals surface area contributed by atoms with Gasteiger partial charge in [-0.25, -0.2) is 99.2 Å². The van der Waals surface area contributed by atoms with Gasteiger partial charge in [0.05, 0.1) is 75.2 Å². The number of aromatic nitrogens is 8. The smallest absolute Gasteiger partial charge is 0.333 e. The number of likely N-dealkylation sites (N-methyl/N-ethyl adjacent to an activating group) is 2. The number of rotatable bonds is 21. The van der Waals surface area contributed by atoms with E-state index in [1.165, 1.54) is 80.1 Å². The number of hydrogen-bond acceptors (Lipinski definition) is 25. The molecule has 0 saturated carbocycles. The number of carbonyl (C=O) groups excluding carboxylic acids is 4. The van der Waals surface area contributed by atoms with Crippen LogP contribution in [0, 0.1) is 11.6 Å². The lowest BCUT2D eigenvalue weighted by atomic mass is 9.92. The van der Waals surface area contributed by atoms with Crippen LogP contribution in [0.4, 0.5) is 50.7 Å². The second-order valence-corrected chi connectivity index (χ2v) is 41.0. The van der Waals surface area contributed by atoms with Gasteiger partial charge in [-0.3, -0.25) is 4.90 Å². The monoisotopic (exact) mass is 1840 g/mol. The summed E-state index contributed by atoms with van der Waals surface area (Å²) < 4.78 is 179. The van der Waals surface area contributed by atoms with Crippen LogP contribution < -0.4 is 64.4 Å². The molecule has 9 heterocycles. The molecule has 688 valence electrons. The number of halogens is 2. The van der Waals surface area contributed by atoms with E-state index in [4.69, 9.17) is 28.4 Å². The quantitative estimate of drug-likeness (QED) is 0.0323. The fraction of sp³-hybridized carbons (Fsp3) is 0.524. The number of carbonyl (C=O) groups is 4. The molecule has 9 aliphatic rings. The van der Waals surface area contributed by atoms with Crippen molar-refractivity contribution >= 4 is 87.0 Å². The first kappa shape index (κ1) is 92.6. The fourth-order valence-electron chi connectivity index (χ4n) is 17.4. The van der Waals surface area contributed by atoms with Gasteiger partial charge in [0.15, 0.2) is 19.6 Å². The van der Waals surface area contributed by atoms with Crippen LogP contribution in [-0.4, -0.2) is 212 Å². The van der Waals surface area contributed by atoms with Crippen molar-refractivity contribution in [3.63, 3.8) is 0 Å². The van der Waals surface area contributed by atoms with Crippen LogP contribution in [0.15, 0.2) is 80.8 Å². The van der Waals surface area contributed by atoms with Crippen LogP contribution in [0.1, 0.15) is 172 Å². The third kappa shape index (κ3) is 20.2. The van der Waals surface area contributed by atoms with Crippen LogP contribution in [-0.2, 0) is 127 Å². The molecule has 0 bridgehead atoms. The minimum atomic E-state index is -4.26. The van der Waals surface area contributed by atoms with E-state index < -0.39 is 75.9 Å². The van der Waals surface area contributed by atoms with Gasteiger partial charge in [0, 0.05) is 50.1 Å². The summed E-state index contributed by atoms with van der Waals surface area (Å²) in [6, 6.07) is 6.71. The number of methoxy groups -OCH3 is 2. The molecule has 43 heteroatoms. The maximum absolute atomic E-state index is 14.1. The summed E-state index contributed by atoms with van der Waals surface area (Å²) in [5, 5.41) is 30.4. The first-order valence-corrected chi connectivity index (χ1v) is 48.5. The van der Waals surface area contributed by atoms with Crippen molar-refractivity contribution in [2.45, 2.75) is 232 Å². The molecule has 1 fully saturated rings. The summed E-state index contributed by atoms with van der Waals surface area (Å²) in [5.41, 5.74) is 14.4. The fourth-order valence-corrected chi connectivity index (χ4v) is 21.3. The zero-order valence-electron chi connectivity index (χ0n) is 73.2. The van der Waals surface area contributed by atoms with Crippen molar-refractivity contribution in [3.8, 4) is 23.5 Å². The molecule has 4 atom stereocenters. The highest BCUT2D eigenvalue weighted by Crippen LogP contribution is 2.43. The van der Waals surface area contributed by atoms with E-state index in [-0.39, 0.29) is 110 Å². The van der Waals surface area contributed by atoms with Crippen molar-refractivity contribution in [1.29, 1.82) is 0 Å². The molecular weight excluding hydrogens is 1730 g/mol. The van der Waals surface area contributed by atoms with Crippen LogP contribution in [0.3, 0.4) is 0 Å². The second-order valence-electron chi connectivity index (χ2n) is 34.4. The second kappa shape index (κ2) is 38.0. The number of fused-ring (bicyclic) bond motifs is 8. The van der Waals surface area contributed by atoms with E-state index >= 15 is 0 Å². The zero-order chi connectivity index (χ0) is 91.0. The van der Waals surface area contributed by atoms with Crippen molar-refractivity contribution in [2.75, 3.05) is 96.1 Å². The number of likely N-dealkylation sites (tertiary alicyclic amines) is 1. The molecule has 4 aromatic carbocycles. The SMILES string of the molecule is CN(C)[C@H]1COc2c(S(=O)(=O)NC(=O)Nc3c4c(cc5c3CCC5)CCC4)cnn2C1.CN[C@H]1COc2c(S(=O)(=O)NC(=O)Nc3c(C(C)C)cc(F)cc3C(C)C)cnn2C1.COC1CN([C@H]2COc3c(S(=O)(=O)NC(=O)Nc4c5c(cc6c4CCC6)CCC5)cnn3C2)C1.CO[C@H]1COc2c(S(=O)(=O)NC(=O)Nc3c(C(C)C)cc(F)cc3C(C)C)cnn2C1. The van der Waals surface area contributed by atoms with Crippen LogP contribution >= 0.6 is 0 Å². The number of nitrogens with one attached hydrogen (secondary N) is 9. The van der Waals surface area contributed by atoms with Crippen LogP contribution in [0.25, 0.3) is 0 Å². The molecule has 0 spiro atoms. The predicted molar refractivity (Wildman–Crippen MR) is 466 cm³/mol. The Morgan fingerprint density at radius 1 is 0.409 bits per heavy atom. The molecule has 5 aliphatic heterocycles. The standard InChI is InChI=1S/C23H29N5O5S.C21H27N5O4S.C20H28FN5O4S.C20H27FN4O5S/c1-32-17-11-27(12-17)16-10-28-22(33-13-16)20(9-24-28)34(30,31)26-23(29)25-21-18-6-2-4-14(18)8-15-5-3-7-19(15)21;1-25(2)15-11-26-20(30-12-15)18(10-22-26)31(28,29)24-21(27)23-19-16-7-3-5-13(16)9-14-6-4-8-17(14)19;1-11(2)15-6-13(21)7-16(12(3)4)18(15)24-20(27)25-31(28,29)17-8-23-26-9-14(22-5)10-30-19(17)26;1-11(2)15-6-13(21)7-16(12(3)4)18(15)23-20(26)24-31(27,28)17-8-22-25-9-14(29-5)10-30-19(17)25/h8-9,16-17H,2-7,10-13H2,1H3,(H2,25,26,29);9-10,15H,3-8,11-12H2,1-2H3,(H2,23,24,27);6-8,11-12,14,22H,9-10H2,1-5H3,(H2,24,25,27);6-8,11-12,14H,9-10H2,1-5H3,(H2,23,24,26)/t16-;15-;2*14-/m1111/s1. The van der Waals surface area contributed by atoms with Gasteiger partial charge in [0.25, 0.3) is 40.1 Å². The minimum Gasteiger partial charge on any atom is -0.475 e. The molecule has 37 nitrogen and oxygen atoms in total. The third-order valence-corrected chi connectivity index (χ3v) is 29.5. The third-order valence-electron chi connectivity index (χ3n) is 24.2. The predicted octanol–water partition coefficient (Wildman–Crippen LogP) is 9.10. The Balaban J connectivity index is 0.000000137. The molecule has 127 heavy (non-hydrogen) atoms. The summed E-state index contributed by atoms with van der Waals surface area (Å²) in [5.74, 6) is -0.719. The van der Waals surface area contributed by atoms with Gasteiger partial charge in [0.1, 0.15) is 44.2 Å². The van der Waals surface area contributed by atoms with Gasteiger partial charge in [-0.15, -0.1) is 0 Å². The molecule has 8 amide bonds. The number of aryl methyl sites for hydroxylation is 4. The minimum absolute atomic E-state index is 0.00148. The zero-order valence-corrected chi connectivity index (χ0v) is 76.5. The Morgan fingerprint density at radius 2 is 0.724 bits per heavy atom. The number of sulfonamides is 4. The molecule has 1 saturated heterocycles. The molecule has 0 radical (unpaired) electrons. The highest BCUT2D eigenvalue weighted by atomic mass is 32.2. The Labute approximate surface area is 737 Å². The Bertz CT molecular complexity index is 5710. The lowest BCUT2D eigenvalue weighted by molar-refractivity contribution is -0.0687. The van der Waals surface area contributed by atoms with E-state index in [0.717, 1.165) is 136 Å². The van der Waals surface area contributed by atoms with Crippen molar-refractivity contribution < 1.29 is 90.1 Å². The topological polar surface area (TPSA) is 446 Å². The molecular formula is C84H111F2N19O18S4. The number of nitrogens with zero attached hydrogens (tertiary/aromatic N) is 10. The number of hydrogen-bond donors (Lipinski definition) is 9. The molecule has 17 rings (SSSR count). The molecule has 0 unspecified atom stereocenters. The van der Waals surface area contributed by atoms with Gasteiger partial charge in [-0.1, -0.05) is 67.5 Å².